The molecule has 41 heavy (non-hydrogen) atoms. The summed E-state index contributed by atoms with van der Waals surface area (Å²) < 4.78 is 20.8. The molecule has 11 heteroatoms. The maximum Gasteiger partial charge on any atom is 0.321 e. The number of benzene rings is 3. The molecule has 0 radical (unpaired) electrons. The van der Waals surface area contributed by atoms with Crippen LogP contribution in [0.15, 0.2) is 60.7 Å². The summed E-state index contributed by atoms with van der Waals surface area (Å²) in [6.45, 7) is 8.47. The number of amides is 2. The lowest BCUT2D eigenvalue weighted by atomic mass is 10.1. The van der Waals surface area contributed by atoms with Gasteiger partial charge in [0.15, 0.2) is 5.13 Å². The number of ether oxygens (including phenoxy) is 1. The molecule has 0 spiro atoms. The summed E-state index contributed by atoms with van der Waals surface area (Å²) in [4.78, 5) is 21.9. The van der Waals surface area contributed by atoms with E-state index < -0.39 is 11.9 Å². The van der Waals surface area contributed by atoms with E-state index in [1.807, 2.05) is 18.2 Å². The molecular formula is C30H32Cl2FN5O2S. The number of nitrogens with one attached hydrogen (secondary N) is 2. The highest BCUT2D eigenvalue weighted by molar-refractivity contribution is 7.22. The molecule has 1 saturated heterocycles. The lowest BCUT2D eigenvalue weighted by molar-refractivity contribution is 0.126. The number of hydrogen-bond acceptors (Lipinski definition) is 6. The summed E-state index contributed by atoms with van der Waals surface area (Å²) in [5.74, 6) is 0.00716. The van der Waals surface area contributed by atoms with Crippen LogP contribution < -0.4 is 15.4 Å². The van der Waals surface area contributed by atoms with Crippen LogP contribution >= 0.6 is 34.5 Å². The van der Waals surface area contributed by atoms with E-state index >= 15 is 0 Å². The largest absolute Gasteiger partial charge is 0.486 e. The smallest absolute Gasteiger partial charge is 0.321 e. The fourth-order valence-corrected chi connectivity index (χ4v) is 6.44. The standard InChI is InChI=1S/C30H32Cl2FN5O2S/c1-20(27-23(31)9-10-24(33)28(27)32)40-22-8-11-25-26(18-22)41-30(35-25)36-29(39)34-12-5-13-37-14-16-38(17-15-37)19-21-6-3-2-4-7-21/h2-4,6-11,18,20H,5,12-17,19H2,1H3,(H2,34,35,36,39). The highest BCUT2D eigenvalue weighted by atomic mass is 35.5. The van der Waals surface area contributed by atoms with Crippen molar-refractivity contribution in [1.29, 1.82) is 0 Å². The van der Waals surface area contributed by atoms with E-state index in [0.29, 0.717) is 28.0 Å². The van der Waals surface area contributed by atoms with Crippen LogP contribution in [-0.4, -0.2) is 60.1 Å². The number of rotatable bonds is 10. The van der Waals surface area contributed by atoms with E-state index in [1.165, 1.54) is 29.0 Å². The molecule has 5 rings (SSSR count). The van der Waals surface area contributed by atoms with Crippen molar-refractivity contribution in [3.63, 3.8) is 0 Å². The van der Waals surface area contributed by atoms with Crippen molar-refractivity contribution in [2.75, 3.05) is 44.6 Å². The van der Waals surface area contributed by atoms with E-state index in [9.17, 15) is 9.18 Å². The van der Waals surface area contributed by atoms with Crippen molar-refractivity contribution >= 4 is 55.9 Å². The molecule has 1 atom stereocenters. The Labute approximate surface area is 253 Å². The second kappa shape index (κ2) is 13.8. The van der Waals surface area contributed by atoms with Gasteiger partial charge in [0.25, 0.3) is 0 Å². The molecule has 2 amide bonds. The van der Waals surface area contributed by atoms with E-state index in [2.05, 4.69) is 49.7 Å². The molecule has 2 heterocycles. The Bertz CT molecular complexity index is 1480. The predicted molar refractivity (Wildman–Crippen MR) is 165 cm³/mol. The van der Waals surface area contributed by atoms with Crippen molar-refractivity contribution in [2.24, 2.45) is 0 Å². The van der Waals surface area contributed by atoms with Crippen molar-refractivity contribution in [2.45, 2.75) is 26.0 Å². The third-order valence-corrected chi connectivity index (χ3v) is 8.68. The third kappa shape index (κ3) is 7.87. The number of nitrogens with zero attached hydrogens (tertiary/aromatic N) is 3. The Morgan fingerprint density at radius 1 is 1.07 bits per heavy atom. The molecule has 2 N–H and O–H groups in total. The zero-order valence-electron chi connectivity index (χ0n) is 22.7. The first-order valence-electron chi connectivity index (χ1n) is 13.6. The van der Waals surface area contributed by atoms with Crippen molar-refractivity contribution in [3.8, 4) is 5.75 Å². The van der Waals surface area contributed by atoms with Gasteiger partial charge in [-0.1, -0.05) is 64.9 Å². The Morgan fingerprint density at radius 3 is 2.61 bits per heavy atom. The van der Waals surface area contributed by atoms with Crippen LogP contribution in [0.1, 0.15) is 30.6 Å². The number of carbonyl (C=O) groups is 1. The molecule has 0 bridgehead atoms. The van der Waals surface area contributed by atoms with Crippen LogP contribution in [0.25, 0.3) is 10.2 Å². The minimum Gasteiger partial charge on any atom is -0.486 e. The highest BCUT2D eigenvalue weighted by Crippen LogP contribution is 2.36. The number of fused-ring (bicyclic) bond motifs is 1. The van der Waals surface area contributed by atoms with E-state index in [4.69, 9.17) is 27.9 Å². The molecule has 1 aliphatic heterocycles. The number of piperazine rings is 1. The number of carbonyl (C=O) groups excluding carboxylic acids is 1. The van der Waals surface area contributed by atoms with Crippen LogP contribution in [-0.2, 0) is 6.54 Å². The molecule has 4 aromatic rings. The zero-order chi connectivity index (χ0) is 28.8. The molecule has 1 fully saturated rings. The first-order valence-corrected chi connectivity index (χ1v) is 15.2. The fourth-order valence-electron chi connectivity index (χ4n) is 4.87. The SMILES string of the molecule is CC(Oc1ccc2nc(NC(=O)NCCCN3CCN(Cc4ccccc4)CC3)sc2c1)c1c(Cl)ccc(F)c1Cl. The molecule has 3 aromatic carbocycles. The Balaban J connectivity index is 1.05. The van der Waals surface area contributed by atoms with Gasteiger partial charge in [0, 0.05) is 49.9 Å². The van der Waals surface area contributed by atoms with Crippen LogP contribution in [0.5, 0.6) is 5.75 Å². The van der Waals surface area contributed by atoms with E-state index in [0.717, 1.165) is 55.9 Å². The van der Waals surface area contributed by atoms with Crippen LogP contribution in [0.2, 0.25) is 10.0 Å². The summed E-state index contributed by atoms with van der Waals surface area (Å²) in [7, 11) is 0. The van der Waals surface area contributed by atoms with Gasteiger partial charge in [-0.2, -0.15) is 0 Å². The summed E-state index contributed by atoms with van der Waals surface area (Å²) in [5, 5.41) is 6.53. The molecule has 7 nitrogen and oxygen atoms in total. The monoisotopic (exact) mass is 615 g/mol. The van der Waals surface area contributed by atoms with Gasteiger partial charge in [0.05, 0.1) is 15.2 Å². The first-order chi connectivity index (χ1) is 19.9. The number of thiazole rings is 1. The lowest BCUT2D eigenvalue weighted by Crippen LogP contribution is -2.46. The van der Waals surface area contributed by atoms with Gasteiger partial charge in [-0.15, -0.1) is 0 Å². The van der Waals surface area contributed by atoms with E-state index in [-0.39, 0.29) is 11.1 Å². The number of anilines is 1. The average Bonchev–Trinajstić information content (AvgIpc) is 3.36. The van der Waals surface area contributed by atoms with Crippen LogP contribution in [0, 0.1) is 5.82 Å². The zero-order valence-corrected chi connectivity index (χ0v) is 25.0. The second-order valence-corrected chi connectivity index (χ2v) is 11.8. The number of halogens is 3. The third-order valence-electron chi connectivity index (χ3n) is 7.03. The molecule has 1 aliphatic rings. The lowest BCUT2D eigenvalue weighted by Gasteiger charge is -2.34. The average molecular weight is 617 g/mol. The highest BCUT2D eigenvalue weighted by Gasteiger charge is 2.20. The van der Waals surface area contributed by atoms with Gasteiger partial charge in [-0.3, -0.25) is 10.2 Å². The minimum atomic E-state index is -0.572. The maximum atomic E-state index is 13.9. The Morgan fingerprint density at radius 2 is 1.83 bits per heavy atom. The quantitative estimate of drug-likeness (QED) is 0.146. The fraction of sp³-hybridized carbons (Fsp3) is 0.333. The van der Waals surface area contributed by atoms with Gasteiger partial charge < -0.3 is 15.0 Å². The summed E-state index contributed by atoms with van der Waals surface area (Å²) in [6.07, 6.45) is 0.307. The predicted octanol–water partition coefficient (Wildman–Crippen LogP) is 7.21. The molecule has 1 unspecified atom stereocenters. The maximum absolute atomic E-state index is 13.9. The van der Waals surface area contributed by atoms with Gasteiger partial charge in [-0.25, -0.2) is 14.2 Å². The van der Waals surface area contributed by atoms with Crippen LogP contribution in [0.3, 0.4) is 0 Å². The Hall–Kier alpha value is -2.95. The van der Waals surface area contributed by atoms with Crippen molar-refractivity contribution in [3.05, 3.63) is 87.7 Å². The molecule has 0 saturated carbocycles. The Kier molecular flexibility index (Phi) is 9.95. The molecule has 216 valence electrons. The van der Waals surface area contributed by atoms with Crippen molar-refractivity contribution < 1.29 is 13.9 Å². The second-order valence-electron chi connectivity index (χ2n) is 10.0. The number of aromatic nitrogens is 1. The molecule has 0 aliphatic carbocycles. The normalized spacial score (nSPS) is 15.1. The van der Waals surface area contributed by atoms with Crippen molar-refractivity contribution in [1.82, 2.24) is 20.1 Å². The van der Waals surface area contributed by atoms with Gasteiger partial charge >= 0.3 is 6.03 Å². The summed E-state index contributed by atoms with van der Waals surface area (Å²) >= 11 is 13.7. The van der Waals surface area contributed by atoms with Gasteiger partial charge in [-0.05, 0) is 55.8 Å². The summed E-state index contributed by atoms with van der Waals surface area (Å²) in [6, 6.07) is 18.4. The number of hydrogen-bond donors (Lipinski definition) is 2. The van der Waals surface area contributed by atoms with Gasteiger partial charge in [0.2, 0.25) is 0 Å². The van der Waals surface area contributed by atoms with Gasteiger partial charge in [0.1, 0.15) is 17.7 Å². The number of urea groups is 1. The van der Waals surface area contributed by atoms with Crippen LogP contribution in [0.4, 0.5) is 14.3 Å². The first kappa shape index (κ1) is 29.5. The minimum absolute atomic E-state index is 0.0530. The molecule has 1 aromatic heterocycles. The summed E-state index contributed by atoms with van der Waals surface area (Å²) in [5.41, 5.74) is 2.48. The van der Waals surface area contributed by atoms with E-state index in [1.54, 1.807) is 13.0 Å². The molecular weight excluding hydrogens is 584 g/mol. The topological polar surface area (TPSA) is 69.7 Å².